The largest absolute Gasteiger partial charge is 0.302 e. The topological polar surface area (TPSA) is 67.5 Å². The Balaban J connectivity index is 3.66. The van der Waals surface area contributed by atoms with Gasteiger partial charge in [-0.05, 0) is 6.92 Å². The van der Waals surface area contributed by atoms with Crippen molar-refractivity contribution >= 4 is 14.0 Å². The molecule has 0 unspecified atom stereocenters. The van der Waals surface area contributed by atoms with E-state index in [0.29, 0.717) is 6.54 Å². The van der Waals surface area contributed by atoms with Crippen LogP contribution in [0.1, 0.15) is 6.92 Å². The summed E-state index contributed by atoms with van der Waals surface area (Å²) >= 11 is 0. The van der Waals surface area contributed by atoms with E-state index in [1.807, 2.05) is 6.92 Å². The summed E-state index contributed by atoms with van der Waals surface area (Å²) in [6, 6.07) is 0. The Morgan fingerprint density at radius 2 is 2.62 bits per heavy atom. The lowest BCUT2D eigenvalue weighted by molar-refractivity contribution is 0.603. The van der Waals surface area contributed by atoms with Crippen molar-refractivity contribution in [1.29, 1.82) is 0 Å². The molecule has 0 atom stereocenters. The molecule has 0 radical (unpaired) electrons. The van der Waals surface area contributed by atoms with Crippen molar-refractivity contribution in [3.8, 4) is 0 Å². The fourth-order valence-corrected chi connectivity index (χ4v) is 0.502. The third-order valence-electron chi connectivity index (χ3n) is 0.523. The number of hydrogen-bond donors (Lipinski definition) is 2. The Bertz CT molecular complexity index is 103. The molecule has 0 rings (SSSR count). The molecule has 46 valence electrons. The lowest BCUT2D eigenvalue weighted by Crippen LogP contribution is -2.25. The number of nitrogens with one attached hydrogen (secondary N) is 1. The number of amidine groups is 1. The Hall–Kier alpha value is -0.470. The maximum absolute atomic E-state index is 9.95. The van der Waals surface area contributed by atoms with Crippen LogP contribution < -0.4 is 11.3 Å². The minimum Gasteiger partial charge on any atom is -0.302 e. The van der Waals surface area contributed by atoms with Crippen molar-refractivity contribution in [2.24, 2.45) is 10.8 Å². The van der Waals surface area contributed by atoms with Crippen LogP contribution in [0.5, 0.6) is 0 Å². The third kappa shape index (κ3) is 2.66. The van der Waals surface area contributed by atoms with Crippen LogP contribution in [0.4, 0.5) is 0 Å². The third-order valence-corrected chi connectivity index (χ3v) is 0.967. The van der Waals surface area contributed by atoms with Crippen molar-refractivity contribution in [1.82, 2.24) is 5.43 Å². The molecule has 0 aromatic heterocycles. The molecular formula is C3H8N3OP. The molecule has 0 heterocycles. The fraction of sp³-hybridized carbons (Fsp3) is 0.667. The van der Waals surface area contributed by atoms with E-state index in [0.717, 1.165) is 0 Å². The molecule has 0 aliphatic heterocycles. The summed E-state index contributed by atoms with van der Waals surface area (Å²) in [6.07, 6.45) is 0. The predicted molar refractivity (Wildman–Crippen MR) is 32.9 cm³/mol. The van der Waals surface area contributed by atoms with Gasteiger partial charge in [0, 0.05) is 6.54 Å². The first-order valence-corrected chi connectivity index (χ1v) is 3.00. The van der Waals surface area contributed by atoms with E-state index in [4.69, 9.17) is 5.84 Å². The highest BCUT2D eigenvalue weighted by atomic mass is 31.1. The summed E-state index contributed by atoms with van der Waals surface area (Å²) in [6.45, 7) is 2.43. The average molecular weight is 133 g/mol. The highest BCUT2D eigenvalue weighted by molar-refractivity contribution is 7.46. The van der Waals surface area contributed by atoms with Gasteiger partial charge in [0.15, 0.2) is 0 Å². The summed E-state index contributed by atoms with van der Waals surface area (Å²) in [7, 11) is -0.161. The highest BCUT2D eigenvalue weighted by Gasteiger charge is 1.87. The second-order valence-electron chi connectivity index (χ2n) is 1.03. The molecule has 0 saturated heterocycles. The van der Waals surface area contributed by atoms with Gasteiger partial charge < -0.3 is 5.43 Å². The van der Waals surface area contributed by atoms with Gasteiger partial charge in [0.25, 0.3) is 0 Å². The van der Waals surface area contributed by atoms with Gasteiger partial charge >= 0.3 is 0 Å². The molecule has 0 aliphatic carbocycles. The number of hydrazine groups is 1. The van der Waals surface area contributed by atoms with Crippen LogP contribution in [-0.4, -0.2) is 12.1 Å². The van der Waals surface area contributed by atoms with E-state index >= 15 is 0 Å². The quantitative estimate of drug-likeness (QED) is 0.185. The minimum absolute atomic E-state index is 0.161. The molecule has 0 bridgehead atoms. The van der Waals surface area contributed by atoms with Crippen LogP contribution >= 0.6 is 8.46 Å². The van der Waals surface area contributed by atoms with Crippen molar-refractivity contribution < 1.29 is 4.57 Å². The summed E-state index contributed by atoms with van der Waals surface area (Å²) in [5, 5.41) is 0. The molecule has 0 amide bonds. The maximum atomic E-state index is 9.95. The Morgan fingerprint density at radius 3 is 2.75 bits per heavy atom. The molecule has 4 nitrogen and oxygen atoms in total. The Labute approximate surface area is 49.3 Å². The first-order valence-electron chi connectivity index (χ1n) is 2.19. The highest BCUT2D eigenvalue weighted by Crippen LogP contribution is 1.90. The van der Waals surface area contributed by atoms with Crippen LogP contribution in [0.15, 0.2) is 4.99 Å². The van der Waals surface area contributed by atoms with E-state index in [9.17, 15) is 4.57 Å². The number of aliphatic imine (C=N–C) groups is 1. The summed E-state index contributed by atoms with van der Waals surface area (Å²) in [5.74, 6) is 4.88. The van der Waals surface area contributed by atoms with Crippen LogP contribution in [0, 0.1) is 0 Å². The van der Waals surface area contributed by atoms with Gasteiger partial charge in [-0.3, -0.25) is 9.56 Å². The maximum Gasteiger partial charge on any atom is 0.232 e. The smallest absolute Gasteiger partial charge is 0.232 e. The van der Waals surface area contributed by atoms with Gasteiger partial charge in [-0.25, -0.2) is 5.84 Å². The van der Waals surface area contributed by atoms with Crippen molar-refractivity contribution in [2.75, 3.05) is 6.54 Å². The molecule has 8 heavy (non-hydrogen) atoms. The average Bonchev–Trinajstić information content (AvgIpc) is 1.83. The minimum atomic E-state index is -0.161. The van der Waals surface area contributed by atoms with Crippen LogP contribution in [0.3, 0.4) is 0 Å². The Morgan fingerprint density at radius 1 is 2.00 bits per heavy atom. The summed E-state index contributed by atoms with van der Waals surface area (Å²) in [4.78, 5) is 3.72. The molecule has 0 aromatic rings. The molecule has 0 fully saturated rings. The zero-order chi connectivity index (χ0) is 6.41. The number of nitrogens with two attached hydrogens (primary N) is 1. The van der Waals surface area contributed by atoms with E-state index in [-0.39, 0.29) is 14.0 Å². The number of rotatable bonds is 2. The number of nitrogens with zero attached hydrogens (tertiary/aromatic N) is 1. The van der Waals surface area contributed by atoms with Crippen LogP contribution in [0.25, 0.3) is 0 Å². The molecule has 3 N–H and O–H groups in total. The van der Waals surface area contributed by atoms with Crippen molar-refractivity contribution in [2.45, 2.75) is 6.92 Å². The summed E-state index contributed by atoms with van der Waals surface area (Å²) < 4.78 is 9.95. The predicted octanol–water partition coefficient (Wildman–Crippen LogP) is 0.117. The second-order valence-corrected chi connectivity index (χ2v) is 1.64. The second kappa shape index (κ2) is 4.68. The first-order chi connectivity index (χ1) is 3.85. The van der Waals surface area contributed by atoms with Gasteiger partial charge in [0.05, 0.1) is 0 Å². The zero-order valence-electron chi connectivity index (χ0n) is 4.59. The Kier molecular flexibility index (Phi) is 4.41. The van der Waals surface area contributed by atoms with Crippen molar-refractivity contribution in [3.63, 3.8) is 0 Å². The molecule has 0 aliphatic rings. The SMILES string of the molecule is CCN=C(NN)P=O. The molecule has 5 heteroatoms. The normalized spacial score (nSPS) is 12.0. The van der Waals surface area contributed by atoms with Crippen LogP contribution in [0.2, 0.25) is 0 Å². The first kappa shape index (κ1) is 7.53. The molecule has 0 saturated carbocycles. The van der Waals surface area contributed by atoms with E-state index < -0.39 is 0 Å². The molecule has 0 spiro atoms. The molecule has 0 aromatic carbocycles. The van der Waals surface area contributed by atoms with E-state index in [2.05, 4.69) is 10.4 Å². The summed E-state index contributed by atoms with van der Waals surface area (Å²) in [5.41, 5.74) is 2.46. The lowest BCUT2D eigenvalue weighted by atomic mass is 10.8. The fourth-order valence-electron chi connectivity index (χ4n) is 0.251. The van der Waals surface area contributed by atoms with Gasteiger partial charge in [0.2, 0.25) is 14.0 Å². The van der Waals surface area contributed by atoms with E-state index in [1.54, 1.807) is 0 Å². The lowest BCUT2D eigenvalue weighted by Gasteiger charge is -1.90. The zero-order valence-corrected chi connectivity index (χ0v) is 5.48. The van der Waals surface area contributed by atoms with Gasteiger partial charge in [-0.15, -0.1) is 0 Å². The monoisotopic (exact) mass is 133 g/mol. The number of hydrogen-bond acceptors (Lipinski definition) is 3. The standard InChI is InChI=1S/C3H8N3OP/c1-2-5-3(6-4)8-7/h2,4H2,1H3,(H,5,6). The molecular weight excluding hydrogens is 125 g/mol. The van der Waals surface area contributed by atoms with Crippen LogP contribution in [-0.2, 0) is 4.57 Å². The van der Waals surface area contributed by atoms with Gasteiger partial charge in [-0.1, -0.05) is 0 Å². The van der Waals surface area contributed by atoms with Gasteiger partial charge in [-0.2, -0.15) is 0 Å². The van der Waals surface area contributed by atoms with Crippen molar-refractivity contribution in [3.05, 3.63) is 0 Å². The van der Waals surface area contributed by atoms with E-state index in [1.165, 1.54) is 0 Å². The van der Waals surface area contributed by atoms with Gasteiger partial charge in [0.1, 0.15) is 0 Å².